The third kappa shape index (κ3) is 24.1. The Kier molecular flexibility index (Phi) is 26.4. The van der Waals surface area contributed by atoms with Gasteiger partial charge in [-0.25, -0.2) is 14.4 Å². The number of ketones is 2. The lowest BCUT2D eigenvalue weighted by atomic mass is 10.0. The standard InChI is InChI=1S/C35H47N9O11.C6H9N3O3/c1-21(2)30(43-27(46)8-4-3-5-18-44-28(47)15-16-29(44)48)32(50)41-25(7-6-17-38-34(36)53)31(49)40-23-11-9-22(10-12-23)20-55-35(54)42-26(33(51)52)14-13-24(45)19-39-37;7-5(6(11)12)2-1-4(10)3-9-8/h9-12,15-16,19,21,25-26,30H,3-8,13-14,17-18,20H2,1-2H3,(H,40,49)(H,41,50)(H,42,54)(H,43,46)(H,51,52)(H3,36,38,53);3,5H,1-2,7H2,(H,11,12)/t25?,26-,30?;/m0./s1. The first-order valence-electron chi connectivity index (χ1n) is 20.8. The van der Waals surface area contributed by atoms with Crippen LogP contribution >= 0.6 is 0 Å². The predicted octanol–water partition coefficient (Wildman–Crippen LogP) is -0.438. The summed E-state index contributed by atoms with van der Waals surface area (Å²) in [5, 5.41) is 30.3. The summed E-state index contributed by atoms with van der Waals surface area (Å²) in [7, 11) is 0. The molecule has 1 aromatic carbocycles. The first-order valence-corrected chi connectivity index (χ1v) is 20.8. The molecule has 0 spiro atoms. The fourth-order valence-corrected chi connectivity index (χ4v) is 5.68. The molecule has 26 heteroatoms. The lowest BCUT2D eigenvalue weighted by Gasteiger charge is -2.25. The van der Waals surface area contributed by atoms with Gasteiger partial charge in [-0.05, 0) is 62.1 Å². The van der Waals surface area contributed by atoms with E-state index in [9.17, 15) is 57.8 Å². The van der Waals surface area contributed by atoms with Gasteiger partial charge in [-0.15, -0.1) is 0 Å². The number of imide groups is 1. The number of rotatable bonds is 29. The summed E-state index contributed by atoms with van der Waals surface area (Å²) in [6.07, 6.45) is 4.12. The van der Waals surface area contributed by atoms with Gasteiger partial charge in [0.1, 0.15) is 30.8 Å². The zero-order valence-electron chi connectivity index (χ0n) is 36.9. The van der Waals surface area contributed by atoms with E-state index in [1.165, 1.54) is 36.4 Å². The maximum absolute atomic E-state index is 13.4. The van der Waals surface area contributed by atoms with Crippen LogP contribution in [0, 0.1) is 5.92 Å². The molecule has 8 amide bonds. The monoisotopic (exact) mass is 940 g/mol. The Morgan fingerprint density at radius 1 is 0.746 bits per heavy atom. The number of carboxylic acids is 2. The van der Waals surface area contributed by atoms with Crippen molar-refractivity contribution in [2.75, 3.05) is 18.4 Å². The van der Waals surface area contributed by atoms with Crippen molar-refractivity contribution < 1.29 is 77.3 Å². The minimum absolute atomic E-state index is 0.0302. The molecule has 0 radical (unpaired) electrons. The number of nitrogens with one attached hydrogen (secondary N) is 5. The number of hydrogen-bond donors (Lipinski definition) is 9. The van der Waals surface area contributed by atoms with Crippen LogP contribution in [0.2, 0.25) is 0 Å². The Labute approximate surface area is 383 Å². The highest BCUT2D eigenvalue weighted by molar-refractivity contribution is 6.25. The van der Waals surface area contributed by atoms with Crippen LogP contribution in [0.4, 0.5) is 15.3 Å². The third-order valence-corrected chi connectivity index (χ3v) is 9.34. The minimum Gasteiger partial charge on any atom is -0.480 e. The Morgan fingerprint density at radius 2 is 1.34 bits per heavy atom. The van der Waals surface area contributed by atoms with Gasteiger partial charge in [-0.3, -0.25) is 43.3 Å². The highest BCUT2D eigenvalue weighted by Crippen LogP contribution is 2.14. The number of nitrogens with zero attached hydrogens (tertiary/aromatic N) is 5. The minimum atomic E-state index is -1.43. The van der Waals surface area contributed by atoms with Gasteiger partial charge in [0.05, 0.1) is 0 Å². The van der Waals surface area contributed by atoms with E-state index in [0.29, 0.717) is 42.9 Å². The number of carbonyl (C=O) groups excluding carboxylic acids is 9. The van der Waals surface area contributed by atoms with E-state index in [-0.39, 0.29) is 88.3 Å². The number of unbranched alkanes of at least 4 members (excludes halogenated alkanes) is 2. The SMILES string of the molecule is CC(C)C(NC(=O)CCCCCN1C(=O)C=CC1=O)C(=O)NC(CCCNC(N)=O)C(=O)Nc1ccc(COC(=O)N[C@@H](CCC(=O)C=[N+]=[N-])C(=O)O)cc1.[N-]=[N+]=CC(=O)CCC(N)C(=O)O. The smallest absolute Gasteiger partial charge is 0.408 e. The van der Waals surface area contributed by atoms with E-state index in [4.69, 9.17) is 32.4 Å². The van der Waals surface area contributed by atoms with Crippen LogP contribution in [-0.4, -0.2) is 140 Å². The van der Waals surface area contributed by atoms with Gasteiger partial charge in [0.25, 0.3) is 11.8 Å². The molecule has 1 aromatic rings. The molecular formula is C41H56N12O14. The summed E-state index contributed by atoms with van der Waals surface area (Å²) in [6, 6.07) is 0.762. The molecule has 1 aliphatic rings. The van der Waals surface area contributed by atoms with Crippen LogP contribution < -0.4 is 38.1 Å². The van der Waals surface area contributed by atoms with Gasteiger partial charge in [0.15, 0.2) is 0 Å². The summed E-state index contributed by atoms with van der Waals surface area (Å²) >= 11 is 0. The second-order valence-electron chi connectivity index (χ2n) is 15.0. The Bertz CT molecular complexity index is 2060. The number of alkyl carbamates (subject to hydrolysis) is 1. The summed E-state index contributed by atoms with van der Waals surface area (Å²) in [5.74, 6) is -6.33. The summed E-state index contributed by atoms with van der Waals surface area (Å²) < 4.78 is 5.07. The lowest BCUT2D eigenvalue weighted by molar-refractivity contribution is -0.140. The van der Waals surface area contributed by atoms with Gasteiger partial charge in [0, 0.05) is 50.2 Å². The molecule has 3 unspecified atom stereocenters. The van der Waals surface area contributed by atoms with Crippen molar-refractivity contribution in [1.82, 2.24) is 26.2 Å². The number of primary amides is 1. The maximum atomic E-state index is 13.4. The molecule has 364 valence electrons. The largest absolute Gasteiger partial charge is 0.480 e. The Balaban J connectivity index is 0.00000163. The first kappa shape index (κ1) is 57.1. The molecule has 11 N–H and O–H groups in total. The number of urea groups is 1. The summed E-state index contributed by atoms with van der Waals surface area (Å²) in [6.45, 7) is 3.56. The van der Waals surface area contributed by atoms with E-state index in [2.05, 4.69) is 36.2 Å². The van der Waals surface area contributed by atoms with Crippen molar-refractivity contribution in [3.8, 4) is 0 Å². The Morgan fingerprint density at radius 3 is 1.88 bits per heavy atom. The fourth-order valence-electron chi connectivity index (χ4n) is 5.68. The van der Waals surface area contributed by atoms with Crippen molar-refractivity contribution in [3.05, 3.63) is 53.0 Å². The summed E-state index contributed by atoms with van der Waals surface area (Å²) in [5.41, 5.74) is 27.3. The second-order valence-corrected chi connectivity index (χ2v) is 15.0. The van der Waals surface area contributed by atoms with E-state index in [1.54, 1.807) is 13.8 Å². The van der Waals surface area contributed by atoms with Crippen molar-refractivity contribution >= 4 is 83.3 Å². The van der Waals surface area contributed by atoms with Gasteiger partial charge in [-0.2, -0.15) is 9.58 Å². The molecule has 1 aliphatic heterocycles. The number of nitrogens with two attached hydrogens (primary N) is 2. The number of carbonyl (C=O) groups is 11. The van der Waals surface area contributed by atoms with Crippen molar-refractivity contribution in [2.45, 2.75) is 109 Å². The normalized spacial score (nSPS) is 13.2. The number of anilines is 1. The molecule has 0 aliphatic carbocycles. The van der Waals surface area contributed by atoms with Crippen LogP contribution in [0.1, 0.15) is 83.6 Å². The number of amides is 8. The van der Waals surface area contributed by atoms with Crippen LogP contribution in [0.5, 0.6) is 0 Å². The average Bonchev–Trinajstić information content (AvgIpc) is 3.59. The molecule has 67 heavy (non-hydrogen) atoms. The molecule has 1 heterocycles. The van der Waals surface area contributed by atoms with Gasteiger partial charge in [0.2, 0.25) is 29.3 Å². The lowest BCUT2D eigenvalue weighted by Crippen LogP contribution is -2.54. The van der Waals surface area contributed by atoms with Crippen molar-refractivity contribution in [3.63, 3.8) is 0 Å². The van der Waals surface area contributed by atoms with Crippen LogP contribution in [-0.2, 0) is 54.5 Å². The first-order chi connectivity index (χ1) is 31.7. The number of benzene rings is 1. The van der Waals surface area contributed by atoms with Crippen molar-refractivity contribution in [2.24, 2.45) is 17.4 Å². The molecule has 0 bridgehead atoms. The Hall–Kier alpha value is -7.95. The van der Waals surface area contributed by atoms with Crippen LogP contribution in [0.25, 0.3) is 11.1 Å². The number of aliphatic carboxylic acids is 2. The number of hydrogen-bond acceptors (Lipinski definition) is 13. The fraction of sp³-hybridized carbons (Fsp3) is 0.488. The average molecular weight is 941 g/mol. The van der Waals surface area contributed by atoms with Gasteiger partial charge in [-0.1, -0.05) is 32.4 Å². The zero-order valence-corrected chi connectivity index (χ0v) is 36.9. The quantitative estimate of drug-likeness (QED) is 0.0162. The predicted molar refractivity (Wildman–Crippen MR) is 233 cm³/mol. The maximum Gasteiger partial charge on any atom is 0.408 e. The van der Waals surface area contributed by atoms with Gasteiger partial charge >= 0.3 is 36.5 Å². The molecule has 0 saturated carbocycles. The van der Waals surface area contributed by atoms with E-state index in [1.807, 2.05) is 0 Å². The molecule has 26 nitrogen and oxygen atoms in total. The number of carboxylic acid groups (broad SMARTS) is 2. The van der Waals surface area contributed by atoms with E-state index >= 15 is 0 Å². The zero-order chi connectivity index (χ0) is 50.5. The molecular weight excluding hydrogens is 885 g/mol. The van der Waals surface area contributed by atoms with E-state index < -0.39 is 71.6 Å². The topological polar surface area (TPSA) is 426 Å². The second kappa shape index (κ2) is 31.0. The highest BCUT2D eigenvalue weighted by atomic mass is 16.5. The van der Waals surface area contributed by atoms with E-state index in [0.717, 1.165) is 4.90 Å². The number of Topliss-reactive ketones (excluding diaryl/α,β-unsaturated/α-hetero) is 2. The molecule has 0 saturated heterocycles. The molecule has 4 atom stereocenters. The summed E-state index contributed by atoms with van der Waals surface area (Å²) in [4.78, 5) is 136. The molecule has 0 aromatic heterocycles. The van der Waals surface area contributed by atoms with Crippen molar-refractivity contribution in [1.29, 1.82) is 0 Å². The van der Waals surface area contributed by atoms with Gasteiger partial charge < -0.3 is 64.1 Å². The van der Waals surface area contributed by atoms with Crippen LogP contribution in [0.3, 0.4) is 0 Å². The molecule has 2 rings (SSSR count). The highest BCUT2D eigenvalue weighted by Gasteiger charge is 2.29. The third-order valence-electron chi connectivity index (χ3n) is 9.34. The molecule has 0 fully saturated rings. The number of ether oxygens (including phenoxy) is 1. The van der Waals surface area contributed by atoms with Crippen LogP contribution in [0.15, 0.2) is 36.4 Å².